The number of hydrogen-bond acceptors (Lipinski definition) is 5. The summed E-state index contributed by atoms with van der Waals surface area (Å²) in [6, 6.07) is 0. The number of ether oxygens (including phenoxy) is 3. The molecule has 358 valence electrons. The van der Waals surface area contributed by atoms with Gasteiger partial charge in [-0.05, 0) is 109 Å². The molecule has 0 aromatic heterocycles. The van der Waals surface area contributed by atoms with Crippen LogP contribution in [0.3, 0.4) is 0 Å². The van der Waals surface area contributed by atoms with Crippen molar-refractivity contribution < 1.29 is 23.8 Å². The zero-order valence-corrected chi connectivity index (χ0v) is 41.1. The van der Waals surface area contributed by atoms with Crippen LogP contribution < -0.4 is 0 Å². The van der Waals surface area contributed by atoms with E-state index < -0.39 is 6.10 Å². The third kappa shape index (κ3) is 50.0. The number of hydrogen-bond donors (Lipinski definition) is 0. The third-order valence-electron chi connectivity index (χ3n) is 11.2. The van der Waals surface area contributed by atoms with E-state index in [2.05, 4.69) is 93.7 Å². The van der Waals surface area contributed by atoms with E-state index in [1.54, 1.807) is 0 Å². The summed E-state index contributed by atoms with van der Waals surface area (Å²) >= 11 is 0. The molecule has 0 spiro atoms. The van der Waals surface area contributed by atoms with Crippen molar-refractivity contribution in [2.75, 3.05) is 19.8 Å². The van der Waals surface area contributed by atoms with E-state index in [1.165, 1.54) is 122 Å². The van der Waals surface area contributed by atoms with Gasteiger partial charge in [-0.25, -0.2) is 0 Å². The first-order valence-electron chi connectivity index (χ1n) is 26.5. The van der Waals surface area contributed by atoms with Gasteiger partial charge in [0.15, 0.2) is 6.10 Å². The van der Waals surface area contributed by atoms with E-state index in [0.29, 0.717) is 19.4 Å². The topological polar surface area (TPSA) is 61.8 Å². The molecule has 0 aromatic carbocycles. The summed E-state index contributed by atoms with van der Waals surface area (Å²) < 4.78 is 17.4. The van der Waals surface area contributed by atoms with Gasteiger partial charge in [-0.15, -0.1) is 0 Å². The lowest BCUT2D eigenvalue weighted by Crippen LogP contribution is -2.30. The van der Waals surface area contributed by atoms with Gasteiger partial charge in [-0.2, -0.15) is 0 Å². The van der Waals surface area contributed by atoms with Gasteiger partial charge in [0, 0.05) is 19.4 Å². The average Bonchev–Trinajstić information content (AvgIpc) is 3.27. The molecule has 62 heavy (non-hydrogen) atoms. The van der Waals surface area contributed by atoms with Crippen molar-refractivity contribution in [1.29, 1.82) is 0 Å². The van der Waals surface area contributed by atoms with Crippen molar-refractivity contribution in [2.45, 2.75) is 258 Å². The van der Waals surface area contributed by atoms with Crippen molar-refractivity contribution in [2.24, 2.45) is 0 Å². The van der Waals surface area contributed by atoms with Gasteiger partial charge < -0.3 is 14.2 Å². The van der Waals surface area contributed by atoms with Crippen LogP contribution in [0.25, 0.3) is 0 Å². The molecule has 0 radical (unpaired) electrons. The van der Waals surface area contributed by atoms with Crippen molar-refractivity contribution >= 4 is 11.9 Å². The summed E-state index contributed by atoms with van der Waals surface area (Å²) in [4.78, 5) is 25.4. The highest BCUT2D eigenvalue weighted by Gasteiger charge is 2.17. The first-order valence-corrected chi connectivity index (χ1v) is 26.5. The summed E-state index contributed by atoms with van der Waals surface area (Å²) in [5, 5.41) is 0. The molecule has 0 saturated carbocycles. The summed E-state index contributed by atoms with van der Waals surface area (Å²) in [6.07, 6.45) is 67.6. The third-order valence-corrected chi connectivity index (χ3v) is 11.2. The molecule has 0 aliphatic carbocycles. The maximum atomic E-state index is 12.8. The lowest BCUT2D eigenvalue weighted by Gasteiger charge is -2.18. The summed E-state index contributed by atoms with van der Waals surface area (Å²) in [6.45, 7) is 7.65. The van der Waals surface area contributed by atoms with Crippen LogP contribution in [0.2, 0.25) is 0 Å². The Morgan fingerprint density at radius 2 is 0.726 bits per heavy atom. The molecular formula is C57H100O5. The molecule has 1 unspecified atom stereocenters. The normalized spacial score (nSPS) is 12.8. The molecule has 5 nitrogen and oxygen atoms in total. The number of carbonyl (C=O) groups is 2. The minimum absolute atomic E-state index is 0.0685. The largest absolute Gasteiger partial charge is 0.462 e. The summed E-state index contributed by atoms with van der Waals surface area (Å²) in [5.74, 6) is -0.425. The Hall–Kier alpha value is -2.66. The van der Waals surface area contributed by atoms with Gasteiger partial charge in [0.05, 0.1) is 6.61 Å². The molecule has 0 amide bonds. The molecule has 0 rings (SSSR count). The maximum Gasteiger partial charge on any atom is 0.306 e. The van der Waals surface area contributed by atoms with Gasteiger partial charge in [-0.3, -0.25) is 9.59 Å². The van der Waals surface area contributed by atoms with Crippen LogP contribution in [-0.4, -0.2) is 37.9 Å². The fourth-order valence-electron chi connectivity index (χ4n) is 7.25. The number of esters is 2. The number of unbranched alkanes of at least 4 members (excludes halogenated alkanes) is 25. The SMILES string of the molecule is CC/C=C\C/C=C\C/C=C\C/C=C\CCCCCCCOCC(COC(=O)CCCCCCC/C=C\CCCCCCCC)OC(=O)CCCCCCC/C=C\CCCCCC. The van der Waals surface area contributed by atoms with E-state index in [1.807, 2.05) is 0 Å². The molecule has 0 aliphatic rings. The van der Waals surface area contributed by atoms with Crippen molar-refractivity contribution in [3.8, 4) is 0 Å². The molecule has 5 heteroatoms. The fraction of sp³-hybridized carbons (Fsp3) is 0.754. The molecule has 0 heterocycles. The average molecular weight is 865 g/mol. The lowest BCUT2D eigenvalue weighted by atomic mass is 10.1. The van der Waals surface area contributed by atoms with E-state index in [0.717, 1.165) is 96.3 Å². The Kier molecular flexibility index (Phi) is 50.4. The van der Waals surface area contributed by atoms with E-state index in [4.69, 9.17) is 14.2 Å². The second-order valence-corrected chi connectivity index (χ2v) is 17.4. The van der Waals surface area contributed by atoms with Gasteiger partial charge in [0.2, 0.25) is 0 Å². The lowest BCUT2D eigenvalue weighted by molar-refractivity contribution is -0.163. The van der Waals surface area contributed by atoms with Crippen LogP contribution in [0.1, 0.15) is 252 Å². The number of allylic oxidation sites excluding steroid dienone is 12. The quantitative estimate of drug-likeness (QED) is 0.0346. The minimum Gasteiger partial charge on any atom is -0.462 e. The standard InChI is InChI=1S/C57H100O5/c1-4-7-10-13-16-19-22-25-27-28-29-31-34-37-40-43-46-49-52-60-53-55(62-57(59)51-48-45-42-39-36-32-24-21-18-15-12-9-6-3)54-61-56(58)50-47-44-41-38-35-33-30-26-23-20-17-14-11-8-5-2/h7,10,16,19,21,24-27,29-31,55H,4-6,8-9,11-15,17-18,20,22-23,28,32-54H2,1-3H3/b10-7-,19-16-,24-21-,27-25-,30-26-,31-29-. The smallest absolute Gasteiger partial charge is 0.306 e. The summed E-state index contributed by atoms with van der Waals surface area (Å²) in [7, 11) is 0. The molecule has 0 saturated heterocycles. The zero-order chi connectivity index (χ0) is 44.9. The predicted molar refractivity (Wildman–Crippen MR) is 270 cm³/mol. The maximum absolute atomic E-state index is 12.8. The van der Waals surface area contributed by atoms with Crippen LogP contribution in [0.4, 0.5) is 0 Å². The zero-order valence-electron chi connectivity index (χ0n) is 41.1. The van der Waals surface area contributed by atoms with Crippen LogP contribution in [0.15, 0.2) is 72.9 Å². The minimum atomic E-state index is -0.555. The van der Waals surface area contributed by atoms with E-state index in [-0.39, 0.29) is 25.2 Å². The van der Waals surface area contributed by atoms with Crippen molar-refractivity contribution in [3.05, 3.63) is 72.9 Å². The Labute approximate surface area is 385 Å². The van der Waals surface area contributed by atoms with Gasteiger partial charge in [0.1, 0.15) is 6.61 Å². The first-order chi connectivity index (χ1) is 30.6. The highest BCUT2D eigenvalue weighted by atomic mass is 16.6. The monoisotopic (exact) mass is 865 g/mol. The predicted octanol–water partition coefficient (Wildman–Crippen LogP) is 17.9. The highest BCUT2D eigenvalue weighted by Crippen LogP contribution is 2.13. The summed E-state index contributed by atoms with van der Waals surface area (Å²) in [5.41, 5.74) is 0. The van der Waals surface area contributed by atoms with Gasteiger partial charge >= 0.3 is 11.9 Å². The van der Waals surface area contributed by atoms with E-state index in [9.17, 15) is 9.59 Å². The van der Waals surface area contributed by atoms with E-state index >= 15 is 0 Å². The van der Waals surface area contributed by atoms with Crippen LogP contribution in [0, 0.1) is 0 Å². The molecular weight excluding hydrogens is 765 g/mol. The number of rotatable bonds is 48. The Balaban J connectivity index is 4.32. The molecule has 0 aromatic rings. The Bertz CT molecular complexity index is 1110. The van der Waals surface area contributed by atoms with Crippen molar-refractivity contribution in [3.63, 3.8) is 0 Å². The van der Waals surface area contributed by atoms with Crippen LogP contribution in [-0.2, 0) is 23.8 Å². The van der Waals surface area contributed by atoms with Gasteiger partial charge in [0.25, 0.3) is 0 Å². The Morgan fingerprint density at radius 3 is 1.19 bits per heavy atom. The van der Waals surface area contributed by atoms with Gasteiger partial charge in [-0.1, -0.05) is 203 Å². The molecule has 0 bridgehead atoms. The molecule has 1 atom stereocenters. The fourth-order valence-corrected chi connectivity index (χ4v) is 7.25. The first kappa shape index (κ1) is 59.3. The molecule has 0 aliphatic heterocycles. The molecule has 0 fully saturated rings. The Morgan fingerprint density at radius 1 is 0.371 bits per heavy atom. The van der Waals surface area contributed by atoms with Crippen LogP contribution in [0.5, 0.6) is 0 Å². The van der Waals surface area contributed by atoms with Crippen LogP contribution >= 0.6 is 0 Å². The molecule has 0 N–H and O–H groups in total. The second-order valence-electron chi connectivity index (χ2n) is 17.4. The second kappa shape index (κ2) is 52.7. The number of carbonyl (C=O) groups excluding carboxylic acids is 2. The van der Waals surface area contributed by atoms with Crippen molar-refractivity contribution in [1.82, 2.24) is 0 Å². The highest BCUT2D eigenvalue weighted by molar-refractivity contribution is 5.70.